The first kappa shape index (κ1) is 11.6. The van der Waals surface area contributed by atoms with E-state index in [0.717, 1.165) is 17.1 Å². The Labute approximate surface area is 110 Å². The van der Waals surface area contributed by atoms with Gasteiger partial charge in [-0.05, 0) is 12.2 Å². The lowest BCUT2D eigenvalue weighted by atomic mass is 10.1. The van der Waals surface area contributed by atoms with Gasteiger partial charge < -0.3 is 5.11 Å². The van der Waals surface area contributed by atoms with Crippen molar-refractivity contribution in [1.29, 1.82) is 0 Å². The first-order valence-electron chi connectivity index (χ1n) is 6.11. The van der Waals surface area contributed by atoms with Crippen LogP contribution in [-0.4, -0.2) is 40.2 Å². The summed E-state index contributed by atoms with van der Waals surface area (Å²) in [6, 6.07) is 9.67. The molecular formula is C14H13N3O2. The number of rotatable bonds is 3. The Hall–Kier alpha value is -2.43. The first-order chi connectivity index (χ1) is 9.22. The third-order valence-electron chi connectivity index (χ3n) is 3.06. The summed E-state index contributed by atoms with van der Waals surface area (Å²) in [5, 5.41) is 15.1. The van der Waals surface area contributed by atoms with E-state index < -0.39 is 5.97 Å². The minimum Gasteiger partial charge on any atom is -0.481 e. The van der Waals surface area contributed by atoms with Crippen LogP contribution in [0.15, 0.2) is 52.6 Å². The Bertz CT molecular complexity index is 590. The number of aliphatic carboxylic acids is 1. The second-order valence-electron chi connectivity index (χ2n) is 4.51. The highest BCUT2D eigenvalue weighted by atomic mass is 16.4. The Kier molecular flexibility index (Phi) is 2.87. The molecule has 1 unspecified atom stereocenters. The zero-order valence-corrected chi connectivity index (χ0v) is 10.2. The van der Waals surface area contributed by atoms with Crippen LogP contribution < -0.4 is 0 Å². The van der Waals surface area contributed by atoms with Gasteiger partial charge in [-0.15, -0.1) is 0 Å². The molecule has 3 rings (SSSR count). The lowest BCUT2D eigenvalue weighted by Gasteiger charge is -2.18. The molecule has 2 aliphatic rings. The zero-order chi connectivity index (χ0) is 13.2. The van der Waals surface area contributed by atoms with Crippen molar-refractivity contribution in [1.82, 2.24) is 5.01 Å². The summed E-state index contributed by atoms with van der Waals surface area (Å²) in [6.07, 6.45) is 3.84. The molecule has 1 aromatic carbocycles. The normalized spacial score (nSPS) is 20.8. The fourth-order valence-corrected chi connectivity index (χ4v) is 2.20. The average molecular weight is 255 g/mol. The second kappa shape index (κ2) is 4.68. The fourth-order valence-electron chi connectivity index (χ4n) is 2.20. The van der Waals surface area contributed by atoms with Gasteiger partial charge in [-0.1, -0.05) is 30.3 Å². The van der Waals surface area contributed by atoms with E-state index in [2.05, 4.69) is 10.1 Å². The summed E-state index contributed by atoms with van der Waals surface area (Å²) in [5.74, 6) is -0.0867. The van der Waals surface area contributed by atoms with Gasteiger partial charge in [0, 0.05) is 5.56 Å². The van der Waals surface area contributed by atoms with Gasteiger partial charge in [-0.3, -0.25) is 9.79 Å². The Morgan fingerprint density at radius 1 is 1.32 bits per heavy atom. The second-order valence-corrected chi connectivity index (χ2v) is 4.51. The van der Waals surface area contributed by atoms with Gasteiger partial charge in [0.25, 0.3) is 0 Å². The summed E-state index contributed by atoms with van der Waals surface area (Å²) in [6.45, 7) is 0.530. The third kappa shape index (κ3) is 2.40. The average Bonchev–Trinajstić information content (AvgIpc) is 2.79. The maximum Gasteiger partial charge on any atom is 0.305 e. The van der Waals surface area contributed by atoms with E-state index in [9.17, 15) is 4.79 Å². The molecule has 5 nitrogen and oxygen atoms in total. The molecule has 1 atom stereocenters. The number of nitrogens with zero attached hydrogens (tertiary/aromatic N) is 3. The van der Waals surface area contributed by atoms with Crippen LogP contribution in [0.1, 0.15) is 12.0 Å². The topological polar surface area (TPSA) is 65.3 Å². The predicted molar refractivity (Wildman–Crippen MR) is 72.3 cm³/mol. The van der Waals surface area contributed by atoms with Crippen molar-refractivity contribution >= 4 is 17.5 Å². The summed E-state index contributed by atoms with van der Waals surface area (Å²) >= 11 is 0. The van der Waals surface area contributed by atoms with Gasteiger partial charge in [0.05, 0.1) is 24.7 Å². The monoisotopic (exact) mass is 255 g/mol. The molecule has 2 aliphatic heterocycles. The van der Waals surface area contributed by atoms with Crippen molar-refractivity contribution in [3.05, 3.63) is 48.0 Å². The molecule has 0 saturated heterocycles. The Morgan fingerprint density at radius 2 is 2.11 bits per heavy atom. The molecule has 0 bridgehead atoms. The minimum absolute atomic E-state index is 0.0457. The molecule has 0 aliphatic carbocycles. The van der Waals surface area contributed by atoms with Gasteiger partial charge in [-0.25, -0.2) is 5.01 Å². The number of carbonyl (C=O) groups is 1. The highest BCUT2D eigenvalue weighted by molar-refractivity contribution is 6.14. The third-order valence-corrected chi connectivity index (χ3v) is 3.06. The van der Waals surface area contributed by atoms with Crippen LogP contribution in [0.25, 0.3) is 0 Å². The quantitative estimate of drug-likeness (QED) is 0.890. The Balaban J connectivity index is 1.80. The van der Waals surface area contributed by atoms with Crippen LogP contribution in [0.2, 0.25) is 0 Å². The number of allylic oxidation sites excluding steroid dienone is 1. The van der Waals surface area contributed by atoms with E-state index in [1.807, 2.05) is 42.5 Å². The van der Waals surface area contributed by atoms with Crippen molar-refractivity contribution in [3.63, 3.8) is 0 Å². The number of hydrogen-bond acceptors (Lipinski definition) is 4. The standard InChI is InChI=1S/C14H13N3O2/c18-14(19)8-11-9-17-13(15-11)7-6-12(16-17)10-4-2-1-3-5-10/h1-7,11H,8-9H2,(H,18,19). The maximum absolute atomic E-state index is 10.7. The number of hydrazone groups is 1. The van der Waals surface area contributed by atoms with Gasteiger partial charge in [0.2, 0.25) is 0 Å². The number of hydrogen-bond donors (Lipinski definition) is 1. The van der Waals surface area contributed by atoms with E-state index in [1.165, 1.54) is 0 Å². The molecule has 0 fully saturated rings. The van der Waals surface area contributed by atoms with E-state index in [-0.39, 0.29) is 12.5 Å². The van der Waals surface area contributed by atoms with Crippen molar-refractivity contribution < 1.29 is 9.90 Å². The molecule has 2 heterocycles. The lowest BCUT2D eigenvalue weighted by molar-refractivity contribution is -0.137. The van der Waals surface area contributed by atoms with Crippen LogP contribution in [0, 0.1) is 0 Å². The van der Waals surface area contributed by atoms with Gasteiger partial charge in [0.15, 0.2) is 0 Å². The van der Waals surface area contributed by atoms with Crippen LogP contribution in [0.3, 0.4) is 0 Å². The maximum atomic E-state index is 10.7. The van der Waals surface area contributed by atoms with Crippen molar-refractivity contribution in [2.45, 2.75) is 12.5 Å². The number of carboxylic acid groups (broad SMARTS) is 1. The van der Waals surface area contributed by atoms with Gasteiger partial charge in [0.1, 0.15) is 5.84 Å². The smallest absolute Gasteiger partial charge is 0.305 e. The lowest BCUT2D eigenvalue weighted by Crippen LogP contribution is -2.27. The fraction of sp³-hybridized carbons (Fsp3) is 0.214. The summed E-state index contributed by atoms with van der Waals surface area (Å²) in [5.41, 5.74) is 1.91. The van der Waals surface area contributed by atoms with Crippen molar-refractivity contribution in [2.75, 3.05) is 6.54 Å². The molecule has 5 heteroatoms. The molecule has 0 spiro atoms. The molecule has 96 valence electrons. The van der Waals surface area contributed by atoms with Crippen molar-refractivity contribution in [3.8, 4) is 0 Å². The number of carboxylic acids is 1. The zero-order valence-electron chi connectivity index (χ0n) is 10.2. The molecule has 0 aromatic heterocycles. The number of fused-ring (bicyclic) bond motifs is 1. The molecule has 1 N–H and O–H groups in total. The molecule has 0 saturated carbocycles. The highest BCUT2D eigenvalue weighted by Crippen LogP contribution is 2.18. The molecule has 1 aromatic rings. The van der Waals surface area contributed by atoms with Gasteiger partial charge in [-0.2, -0.15) is 5.10 Å². The number of aliphatic imine (C=N–C) groups is 1. The molecule has 0 amide bonds. The van der Waals surface area contributed by atoms with E-state index >= 15 is 0 Å². The van der Waals surface area contributed by atoms with Gasteiger partial charge >= 0.3 is 5.97 Å². The summed E-state index contributed by atoms with van der Waals surface area (Å²) in [7, 11) is 0. The van der Waals surface area contributed by atoms with E-state index in [4.69, 9.17) is 5.11 Å². The van der Waals surface area contributed by atoms with E-state index in [1.54, 1.807) is 5.01 Å². The van der Waals surface area contributed by atoms with Crippen LogP contribution in [0.4, 0.5) is 0 Å². The minimum atomic E-state index is -0.828. The van der Waals surface area contributed by atoms with Crippen LogP contribution in [-0.2, 0) is 4.79 Å². The van der Waals surface area contributed by atoms with Crippen LogP contribution >= 0.6 is 0 Å². The molecule has 19 heavy (non-hydrogen) atoms. The highest BCUT2D eigenvalue weighted by Gasteiger charge is 2.27. The van der Waals surface area contributed by atoms with Crippen LogP contribution in [0.5, 0.6) is 0 Å². The summed E-state index contributed by atoms with van der Waals surface area (Å²) in [4.78, 5) is 15.1. The van der Waals surface area contributed by atoms with Crippen molar-refractivity contribution in [2.24, 2.45) is 10.1 Å². The number of amidine groups is 1. The van der Waals surface area contributed by atoms with E-state index in [0.29, 0.717) is 6.54 Å². The first-order valence-corrected chi connectivity index (χ1v) is 6.11. The predicted octanol–water partition coefficient (Wildman–Crippen LogP) is 1.52. The Morgan fingerprint density at radius 3 is 2.84 bits per heavy atom. The number of benzene rings is 1. The summed E-state index contributed by atoms with van der Waals surface area (Å²) < 4.78 is 0. The largest absolute Gasteiger partial charge is 0.481 e. The SMILES string of the molecule is O=C(O)CC1CN2N=C(c3ccccc3)C=CC2=N1. The molecular weight excluding hydrogens is 242 g/mol. The molecule has 0 radical (unpaired) electrons.